The van der Waals surface area contributed by atoms with Crippen LogP contribution in [-0.4, -0.2) is 54.4 Å². The standard InChI is InChI=1S/C26H31F3N4O3/c1-4-32(17-19(3)33(5-2)23-11-10-20(15-30)16-31-23)24(34)18-35-25(12-7-13-25)21-8-6-9-22(14-21)36-26(27,28)29/h6,8-11,14,16,19H,4-5,7,12-13,17-18H2,1-3H3. The number of hydrogen-bond donors (Lipinski definition) is 0. The minimum Gasteiger partial charge on any atom is -0.406 e. The average Bonchev–Trinajstić information content (AvgIpc) is 2.81. The van der Waals surface area contributed by atoms with E-state index in [0.717, 1.165) is 12.2 Å². The van der Waals surface area contributed by atoms with Gasteiger partial charge in [-0.05, 0) is 69.9 Å². The van der Waals surface area contributed by atoms with Gasteiger partial charge in [0.2, 0.25) is 5.91 Å². The number of rotatable bonds is 11. The van der Waals surface area contributed by atoms with E-state index in [1.54, 1.807) is 23.1 Å². The fraction of sp³-hybridized carbons (Fsp3) is 0.500. The first-order valence-electron chi connectivity index (χ1n) is 12.0. The molecule has 0 aliphatic heterocycles. The van der Waals surface area contributed by atoms with Crippen molar-refractivity contribution in [2.45, 2.75) is 58.0 Å². The summed E-state index contributed by atoms with van der Waals surface area (Å²) in [5.74, 6) is 0.224. The largest absolute Gasteiger partial charge is 0.573 e. The van der Waals surface area contributed by atoms with Crippen LogP contribution in [0.4, 0.5) is 19.0 Å². The second kappa shape index (κ2) is 11.6. The normalized spacial score (nSPS) is 15.4. The summed E-state index contributed by atoms with van der Waals surface area (Å²) >= 11 is 0. The predicted molar refractivity (Wildman–Crippen MR) is 128 cm³/mol. The van der Waals surface area contributed by atoms with Gasteiger partial charge < -0.3 is 19.3 Å². The van der Waals surface area contributed by atoms with Crippen molar-refractivity contribution in [2.24, 2.45) is 0 Å². The Kier molecular flexibility index (Phi) is 8.79. The molecule has 2 aromatic rings. The van der Waals surface area contributed by atoms with E-state index >= 15 is 0 Å². The van der Waals surface area contributed by atoms with E-state index in [1.165, 1.54) is 24.4 Å². The Bertz CT molecular complexity index is 1070. The van der Waals surface area contributed by atoms with Gasteiger partial charge in [0.05, 0.1) is 11.2 Å². The third-order valence-corrected chi connectivity index (χ3v) is 6.49. The highest BCUT2D eigenvalue weighted by molar-refractivity contribution is 5.77. The van der Waals surface area contributed by atoms with Crippen molar-refractivity contribution in [2.75, 3.05) is 31.1 Å². The Balaban J connectivity index is 1.64. The summed E-state index contributed by atoms with van der Waals surface area (Å²) in [6.07, 6.45) is -1.16. The fourth-order valence-corrected chi connectivity index (χ4v) is 4.43. The molecule has 1 heterocycles. The number of pyridine rings is 1. The van der Waals surface area contributed by atoms with Gasteiger partial charge in [-0.15, -0.1) is 13.2 Å². The number of benzene rings is 1. The zero-order valence-electron chi connectivity index (χ0n) is 20.7. The SMILES string of the molecule is CCN(CC(C)N(CC)c1ccc(C#N)cn1)C(=O)COC1(c2cccc(OC(F)(F)F)c2)CCC1. The molecule has 3 rings (SSSR count). The third-order valence-electron chi connectivity index (χ3n) is 6.49. The lowest BCUT2D eigenvalue weighted by molar-refractivity contribution is -0.274. The number of carbonyl (C=O) groups excluding carboxylic acids is 1. The van der Waals surface area contributed by atoms with Crippen LogP contribution < -0.4 is 9.64 Å². The average molecular weight is 505 g/mol. The van der Waals surface area contributed by atoms with Gasteiger partial charge in [0.15, 0.2) is 0 Å². The molecular weight excluding hydrogens is 473 g/mol. The number of nitriles is 1. The number of amides is 1. The van der Waals surface area contributed by atoms with Gasteiger partial charge in [-0.25, -0.2) is 4.98 Å². The Morgan fingerprint density at radius 1 is 1.22 bits per heavy atom. The van der Waals surface area contributed by atoms with E-state index in [4.69, 9.17) is 10.00 Å². The smallest absolute Gasteiger partial charge is 0.406 e. The molecule has 1 atom stereocenters. The zero-order valence-corrected chi connectivity index (χ0v) is 20.7. The lowest BCUT2D eigenvalue weighted by Gasteiger charge is -2.42. The highest BCUT2D eigenvalue weighted by Gasteiger charge is 2.41. The number of halogens is 3. The van der Waals surface area contributed by atoms with Gasteiger partial charge in [0.1, 0.15) is 24.2 Å². The highest BCUT2D eigenvalue weighted by atomic mass is 19.4. The summed E-state index contributed by atoms with van der Waals surface area (Å²) in [4.78, 5) is 21.2. The predicted octanol–water partition coefficient (Wildman–Crippen LogP) is 5.01. The van der Waals surface area contributed by atoms with E-state index in [9.17, 15) is 18.0 Å². The highest BCUT2D eigenvalue weighted by Crippen LogP contribution is 2.45. The maximum absolute atomic E-state index is 13.1. The summed E-state index contributed by atoms with van der Waals surface area (Å²) in [5.41, 5.74) is 0.252. The van der Waals surface area contributed by atoms with Crippen LogP contribution in [0.3, 0.4) is 0 Å². The minimum atomic E-state index is -4.78. The van der Waals surface area contributed by atoms with Gasteiger partial charge >= 0.3 is 6.36 Å². The zero-order chi connectivity index (χ0) is 26.3. The molecule has 36 heavy (non-hydrogen) atoms. The molecule has 1 saturated carbocycles. The molecule has 0 radical (unpaired) electrons. The summed E-state index contributed by atoms with van der Waals surface area (Å²) in [7, 11) is 0. The molecule has 0 bridgehead atoms. The molecule has 1 aliphatic rings. The van der Waals surface area contributed by atoms with E-state index in [1.807, 2.05) is 20.8 Å². The molecule has 1 fully saturated rings. The second-order valence-corrected chi connectivity index (χ2v) is 8.80. The topological polar surface area (TPSA) is 78.7 Å². The van der Waals surface area contributed by atoms with Gasteiger partial charge in [-0.3, -0.25) is 4.79 Å². The number of carbonyl (C=O) groups is 1. The van der Waals surface area contributed by atoms with E-state index < -0.39 is 12.0 Å². The van der Waals surface area contributed by atoms with Crippen molar-refractivity contribution >= 4 is 11.7 Å². The number of nitrogens with zero attached hydrogens (tertiary/aromatic N) is 4. The van der Waals surface area contributed by atoms with Crippen molar-refractivity contribution in [3.8, 4) is 11.8 Å². The second-order valence-electron chi connectivity index (χ2n) is 8.80. The van der Waals surface area contributed by atoms with Crippen LogP contribution in [0.5, 0.6) is 5.75 Å². The first-order valence-corrected chi connectivity index (χ1v) is 12.0. The maximum Gasteiger partial charge on any atom is 0.573 e. The van der Waals surface area contributed by atoms with Gasteiger partial charge in [-0.2, -0.15) is 5.26 Å². The fourth-order valence-electron chi connectivity index (χ4n) is 4.43. The van der Waals surface area contributed by atoms with Crippen molar-refractivity contribution in [1.29, 1.82) is 5.26 Å². The maximum atomic E-state index is 13.1. The number of anilines is 1. The first kappa shape index (κ1) is 27.3. The van der Waals surface area contributed by atoms with E-state index in [0.29, 0.717) is 43.6 Å². The van der Waals surface area contributed by atoms with Crippen molar-refractivity contribution in [3.05, 3.63) is 53.7 Å². The summed E-state index contributed by atoms with van der Waals surface area (Å²) in [6, 6.07) is 11.3. The third kappa shape index (κ3) is 6.66. The molecule has 1 aliphatic carbocycles. The molecular formula is C26H31F3N4O3. The molecule has 1 aromatic heterocycles. The van der Waals surface area contributed by atoms with E-state index in [2.05, 4.69) is 20.7 Å². The van der Waals surface area contributed by atoms with Crippen molar-refractivity contribution in [1.82, 2.24) is 9.88 Å². The Morgan fingerprint density at radius 3 is 2.50 bits per heavy atom. The Hall–Kier alpha value is -3.32. The lowest BCUT2D eigenvalue weighted by atomic mass is 9.75. The monoisotopic (exact) mass is 504 g/mol. The molecule has 0 saturated heterocycles. The molecule has 0 spiro atoms. The molecule has 10 heteroatoms. The van der Waals surface area contributed by atoms with Crippen molar-refractivity contribution in [3.63, 3.8) is 0 Å². The minimum absolute atomic E-state index is 0.0480. The molecule has 1 amide bonds. The van der Waals surface area contributed by atoms with Gasteiger partial charge in [-0.1, -0.05) is 12.1 Å². The van der Waals surface area contributed by atoms with Crippen LogP contribution in [0.25, 0.3) is 0 Å². The van der Waals surface area contributed by atoms with Crippen LogP contribution in [0, 0.1) is 11.3 Å². The number of alkyl halides is 3. The summed E-state index contributed by atoms with van der Waals surface area (Å²) in [5, 5.41) is 9.00. The molecule has 7 nitrogen and oxygen atoms in total. The lowest BCUT2D eigenvalue weighted by Crippen LogP contribution is -2.47. The van der Waals surface area contributed by atoms with Crippen LogP contribution >= 0.6 is 0 Å². The number of aromatic nitrogens is 1. The van der Waals surface area contributed by atoms with Crippen LogP contribution in [0.2, 0.25) is 0 Å². The number of likely N-dealkylation sites (N-methyl/N-ethyl adjacent to an activating group) is 2. The molecule has 0 N–H and O–H groups in total. The Labute approximate surface area is 209 Å². The summed E-state index contributed by atoms with van der Waals surface area (Å²) < 4.78 is 48.1. The summed E-state index contributed by atoms with van der Waals surface area (Å²) in [6.45, 7) is 7.29. The molecule has 1 unspecified atom stereocenters. The molecule has 1 aromatic carbocycles. The van der Waals surface area contributed by atoms with Crippen LogP contribution in [0.1, 0.15) is 51.2 Å². The quantitative estimate of drug-likeness (QED) is 0.428. The molecule has 194 valence electrons. The van der Waals surface area contributed by atoms with Crippen LogP contribution in [-0.2, 0) is 15.1 Å². The Morgan fingerprint density at radius 2 is 1.97 bits per heavy atom. The van der Waals surface area contributed by atoms with Crippen molar-refractivity contribution < 1.29 is 27.4 Å². The first-order chi connectivity index (χ1) is 17.1. The number of hydrogen-bond acceptors (Lipinski definition) is 6. The van der Waals surface area contributed by atoms with Gasteiger partial charge in [0, 0.05) is 31.9 Å². The van der Waals surface area contributed by atoms with Crippen LogP contribution in [0.15, 0.2) is 42.6 Å². The van der Waals surface area contributed by atoms with Gasteiger partial charge in [0.25, 0.3) is 0 Å². The van der Waals surface area contributed by atoms with E-state index in [-0.39, 0.29) is 24.3 Å². The number of ether oxygens (including phenoxy) is 2.